The second kappa shape index (κ2) is 8.32. The second-order valence-corrected chi connectivity index (χ2v) is 8.20. The lowest BCUT2D eigenvalue weighted by Gasteiger charge is -2.23. The highest BCUT2D eigenvalue weighted by molar-refractivity contribution is 7.99. The lowest BCUT2D eigenvalue weighted by molar-refractivity contribution is -0.119. The Balaban J connectivity index is 1.81. The number of rotatable bonds is 4. The average molecular weight is 416 g/mol. The van der Waals surface area contributed by atoms with Crippen molar-refractivity contribution in [2.75, 3.05) is 24.1 Å². The number of amides is 2. The molecule has 0 bridgehead atoms. The van der Waals surface area contributed by atoms with Crippen molar-refractivity contribution < 1.29 is 19.1 Å². The van der Waals surface area contributed by atoms with Gasteiger partial charge in [-0.2, -0.15) is 0 Å². The summed E-state index contributed by atoms with van der Waals surface area (Å²) in [5.41, 5.74) is 4.72. The second-order valence-electron chi connectivity index (χ2n) is 7.20. The van der Waals surface area contributed by atoms with Gasteiger partial charge in [-0.3, -0.25) is 9.59 Å². The number of aromatic nitrogens is 1. The number of hydrogen-bond donors (Lipinski definition) is 2. The number of carbonyl (C=O) groups excluding carboxylic acids is 3. The number of nitrogens with zero attached hydrogens (tertiary/aromatic N) is 1. The highest BCUT2D eigenvalue weighted by atomic mass is 32.2. The third kappa shape index (κ3) is 4.03. The van der Waals surface area contributed by atoms with E-state index in [0.29, 0.717) is 39.8 Å². The summed E-state index contributed by atoms with van der Waals surface area (Å²) in [5.74, 6) is -0.0817. The van der Waals surface area contributed by atoms with E-state index in [9.17, 15) is 14.4 Å². The number of benzene rings is 1. The van der Waals surface area contributed by atoms with Gasteiger partial charge in [0.15, 0.2) is 0 Å². The number of aromatic amines is 1. The lowest BCUT2D eigenvalue weighted by Crippen LogP contribution is -2.44. The zero-order chi connectivity index (χ0) is 21.3. The maximum atomic E-state index is 13.2. The van der Waals surface area contributed by atoms with Crippen LogP contribution >= 0.6 is 11.8 Å². The molecule has 1 aromatic carbocycles. The van der Waals surface area contributed by atoms with Crippen LogP contribution in [0.1, 0.15) is 43.2 Å². The van der Waals surface area contributed by atoms with Crippen LogP contribution in [-0.2, 0) is 9.53 Å². The van der Waals surface area contributed by atoms with Crippen molar-refractivity contribution in [1.82, 2.24) is 9.88 Å². The first-order valence-corrected chi connectivity index (χ1v) is 10.4. The Morgan fingerprint density at radius 3 is 2.55 bits per heavy atom. The zero-order valence-electron chi connectivity index (χ0n) is 17.2. The van der Waals surface area contributed by atoms with E-state index in [1.54, 1.807) is 18.7 Å². The van der Waals surface area contributed by atoms with Crippen molar-refractivity contribution in [3.8, 4) is 0 Å². The minimum atomic E-state index is -0.585. The number of nitrogens with one attached hydrogen (secondary N) is 2. The molecular weight excluding hydrogens is 390 g/mol. The van der Waals surface area contributed by atoms with Gasteiger partial charge >= 0.3 is 5.97 Å². The number of esters is 1. The largest absolute Gasteiger partial charge is 0.465 e. The summed E-state index contributed by atoms with van der Waals surface area (Å²) in [6, 6.07) is 5.15. The summed E-state index contributed by atoms with van der Waals surface area (Å²) >= 11 is 1.52. The first kappa shape index (κ1) is 21.0. The molecule has 1 unspecified atom stereocenters. The van der Waals surface area contributed by atoms with Crippen LogP contribution in [0.4, 0.5) is 5.69 Å². The molecule has 1 atom stereocenters. The summed E-state index contributed by atoms with van der Waals surface area (Å²) in [4.78, 5) is 42.6. The summed E-state index contributed by atoms with van der Waals surface area (Å²) in [7, 11) is 1.31. The first-order chi connectivity index (χ1) is 13.7. The van der Waals surface area contributed by atoms with Crippen LogP contribution in [-0.4, -0.2) is 52.4 Å². The number of hydrogen-bond acceptors (Lipinski definition) is 5. The van der Waals surface area contributed by atoms with Crippen molar-refractivity contribution >= 4 is 35.2 Å². The van der Waals surface area contributed by atoms with E-state index in [-0.39, 0.29) is 11.8 Å². The van der Waals surface area contributed by atoms with Gasteiger partial charge < -0.3 is 19.9 Å². The highest BCUT2D eigenvalue weighted by Gasteiger charge is 2.37. The summed E-state index contributed by atoms with van der Waals surface area (Å²) < 4.78 is 4.81. The predicted molar refractivity (Wildman–Crippen MR) is 113 cm³/mol. The lowest BCUT2D eigenvalue weighted by atomic mass is 10.1. The number of methoxy groups -OCH3 is 1. The molecule has 0 saturated carbocycles. The van der Waals surface area contributed by atoms with Gasteiger partial charge in [-0.05, 0) is 56.5 Å². The molecule has 1 fully saturated rings. The molecule has 7 nitrogen and oxygen atoms in total. The molecule has 2 heterocycles. The maximum Gasteiger partial charge on any atom is 0.339 e. The predicted octanol–water partition coefficient (Wildman–Crippen LogP) is 3.19. The molecule has 0 aliphatic carbocycles. The third-order valence-electron chi connectivity index (χ3n) is 5.26. The van der Waals surface area contributed by atoms with Gasteiger partial charge in [-0.15, -0.1) is 11.8 Å². The monoisotopic (exact) mass is 415 g/mol. The van der Waals surface area contributed by atoms with E-state index in [1.807, 2.05) is 32.0 Å². The molecule has 1 aliphatic heterocycles. The van der Waals surface area contributed by atoms with Gasteiger partial charge in [0.2, 0.25) is 5.91 Å². The molecule has 0 spiro atoms. The molecule has 1 aromatic heterocycles. The normalized spacial score (nSPS) is 16.0. The molecule has 2 N–H and O–H groups in total. The Bertz CT molecular complexity index is 983. The smallest absolute Gasteiger partial charge is 0.339 e. The van der Waals surface area contributed by atoms with Crippen LogP contribution in [0.3, 0.4) is 0 Å². The van der Waals surface area contributed by atoms with Gasteiger partial charge in [0.05, 0.1) is 18.6 Å². The van der Waals surface area contributed by atoms with Crippen LogP contribution in [0.25, 0.3) is 0 Å². The van der Waals surface area contributed by atoms with Gasteiger partial charge in [-0.25, -0.2) is 4.79 Å². The molecular formula is C21H25N3O4S. The van der Waals surface area contributed by atoms with Crippen LogP contribution in [0.2, 0.25) is 0 Å². The number of thioether (sulfide) groups is 1. The van der Waals surface area contributed by atoms with E-state index >= 15 is 0 Å². The Kier molecular flexibility index (Phi) is 6.02. The summed E-state index contributed by atoms with van der Waals surface area (Å²) in [6.07, 6.45) is 0. The van der Waals surface area contributed by atoms with Gasteiger partial charge in [0, 0.05) is 17.1 Å². The quantitative estimate of drug-likeness (QED) is 0.749. The minimum absolute atomic E-state index is 0.222. The fourth-order valence-corrected chi connectivity index (χ4v) is 4.57. The van der Waals surface area contributed by atoms with Crippen molar-refractivity contribution in [1.29, 1.82) is 0 Å². The molecule has 1 aliphatic rings. The van der Waals surface area contributed by atoms with Crippen LogP contribution < -0.4 is 5.32 Å². The van der Waals surface area contributed by atoms with Crippen LogP contribution in [0, 0.1) is 27.7 Å². The number of ether oxygens (including phenoxy) is 1. The molecule has 2 aromatic rings. The Morgan fingerprint density at radius 2 is 1.90 bits per heavy atom. The number of aryl methyl sites for hydroxylation is 3. The summed E-state index contributed by atoms with van der Waals surface area (Å²) in [5, 5.41) is 2.92. The van der Waals surface area contributed by atoms with Crippen molar-refractivity contribution in [2.24, 2.45) is 0 Å². The standard InChI is InChI=1S/C21H25N3O4S/c1-11-6-7-15(8-12(11)2)23-19(25)16-9-29-10-24(16)20(26)18-13(3)17(14(4)22-18)21(27)28-5/h6-8,16,22H,9-10H2,1-5H3,(H,23,25). The Hall–Kier alpha value is -2.74. The maximum absolute atomic E-state index is 13.2. The van der Waals surface area contributed by atoms with Crippen LogP contribution in [0.5, 0.6) is 0 Å². The topological polar surface area (TPSA) is 91.5 Å². The molecule has 29 heavy (non-hydrogen) atoms. The van der Waals surface area contributed by atoms with Gasteiger partial charge in [0.1, 0.15) is 11.7 Å². The number of H-pyrrole nitrogens is 1. The number of anilines is 1. The van der Waals surface area contributed by atoms with E-state index in [4.69, 9.17) is 4.74 Å². The fourth-order valence-electron chi connectivity index (χ4n) is 3.42. The molecule has 1 saturated heterocycles. The third-order valence-corrected chi connectivity index (χ3v) is 6.27. The molecule has 154 valence electrons. The van der Waals surface area contributed by atoms with E-state index in [0.717, 1.165) is 11.1 Å². The Morgan fingerprint density at radius 1 is 1.17 bits per heavy atom. The number of carbonyl (C=O) groups is 3. The Labute approximate surface area is 174 Å². The van der Waals surface area contributed by atoms with Crippen molar-refractivity contribution in [2.45, 2.75) is 33.7 Å². The molecule has 8 heteroatoms. The molecule has 3 rings (SSSR count). The van der Waals surface area contributed by atoms with Crippen molar-refractivity contribution in [3.63, 3.8) is 0 Å². The minimum Gasteiger partial charge on any atom is -0.465 e. The molecule has 0 radical (unpaired) electrons. The zero-order valence-corrected chi connectivity index (χ0v) is 18.0. The van der Waals surface area contributed by atoms with Crippen LogP contribution in [0.15, 0.2) is 18.2 Å². The van der Waals surface area contributed by atoms with E-state index < -0.39 is 12.0 Å². The highest BCUT2D eigenvalue weighted by Crippen LogP contribution is 2.27. The van der Waals surface area contributed by atoms with E-state index in [1.165, 1.54) is 18.9 Å². The van der Waals surface area contributed by atoms with E-state index in [2.05, 4.69) is 10.3 Å². The first-order valence-electron chi connectivity index (χ1n) is 9.29. The fraction of sp³-hybridized carbons (Fsp3) is 0.381. The molecule has 2 amide bonds. The summed E-state index contributed by atoms with van der Waals surface area (Å²) in [6.45, 7) is 7.43. The average Bonchev–Trinajstić information content (AvgIpc) is 3.28. The van der Waals surface area contributed by atoms with Gasteiger partial charge in [-0.1, -0.05) is 6.07 Å². The van der Waals surface area contributed by atoms with Crippen molar-refractivity contribution in [3.05, 3.63) is 51.8 Å². The van der Waals surface area contributed by atoms with Gasteiger partial charge in [0.25, 0.3) is 5.91 Å². The SMILES string of the molecule is COC(=O)c1c(C)[nH]c(C(=O)N2CSCC2C(=O)Nc2ccc(C)c(C)c2)c1C.